The number of ether oxygens (including phenoxy) is 1. The molecule has 0 saturated carbocycles. The number of aromatic amines is 1. The Balaban J connectivity index is 1.62. The Hall–Kier alpha value is -3.88. The Morgan fingerprint density at radius 2 is 1.73 bits per heavy atom. The zero-order valence-electron chi connectivity index (χ0n) is 13.7. The number of carbonyl (C=O) groups excluding carboxylic acids is 2. The molecule has 0 radical (unpaired) electrons. The van der Waals surface area contributed by atoms with Crippen LogP contribution in [-0.2, 0) is 0 Å². The normalized spacial score (nSPS) is 10.2. The highest BCUT2D eigenvalue weighted by Crippen LogP contribution is 2.20. The Morgan fingerprint density at radius 3 is 2.38 bits per heavy atom. The van der Waals surface area contributed by atoms with Gasteiger partial charge in [0.2, 0.25) is 0 Å². The molecule has 3 aromatic rings. The van der Waals surface area contributed by atoms with Crippen LogP contribution in [0, 0.1) is 5.21 Å². The molecule has 0 bridgehead atoms. The highest BCUT2D eigenvalue weighted by molar-refractivity contribution is 5.98. The van der Waals surface area contributed by atoms with Gasteiger partial charge < -0.3 is 9.94 Å². The van der Waals surface area contributed by atoms with Crippen LogP contribution >= 0.6 is 0 Å². The van der Waals surface area contributed by atoms with Crippen LogP contribution in [0.2, 0.25) is 0 Å². The van der Waals surface area contributed by atoms with Crippen molar-refractivity contribution in [3.05, 3.63) is 71.3 Å². The summed E-state index contributed by atoms with van der Waals surface area (Å²) in [6.45, 7) is 0. The average Bonchev–Trinajstić information content (AvgIpc) is 3.17. The van der Waals surface area contributed by atoms with Gasteiger partial charge >= 0.3 is 0 Å². The number of pyridine rings is 1. The maximum absolute atomic E-state index is 12.1. The zero-order chi connectivity index (χ0) is 18.5. The SMILES string of the molecule is COc1ccc(-c2cc(C(=O)NNC(=O)c3cc[n+]([O-])cc3)[nH]n2)cc1. The van der Waals surface area contributed by atoms with Crippen LogP contribution in [0.5, 0.6) is 5.75 Å². The minimum atomic E-state index is -0.555. The van der Waals surface area contributed by atoms with Crippen LogP contribution in [0.1, 0.15) is 20.8 Å². The van der Waals surface area contributed by atoms with Crippen molar-refractivity contribution in [1.29, 1.82) is 0 Å². The summed E-state index contributed by atoms with van der Waals surface area (Å²) in [6.07, 6.45) is 2.37. The summed E-state index contributed by atoms with van der Waals surface area (Å²) < 4.78 is 5.65. The van der Waals surface area contributed by atoms with E-state index in [9.17, 15) is 14.8 Å². The number of nitrogens with zero attached hydrogens (tertiary/aromatic N) is 2. The molecular formula is C17H15N5O4. The predicted molar refractivity (Wildman–Crippen MR) is 90.9 cm³/mol. The van der Waals surface area contributed by atoms with E-state index in [0.29, 0.717) is 16.2 Å². The topological polar surface area (TPSA) is 123 Å². The summed E-state index contributed by atoms with van der Waals surface area (Å²) in [6, 6.07) is 11.4. The van der Waals surface area contributed by atoms with Crippen molar-refractivity contribution < 1.29 is 19.1 Å². The number of benzene rings is 1. The Labute approximate surface area is 148 Å². The number of H-pyrrole nitrogens is 1. The average molecular weight is 353 g/mol. The first-order chi connectivity index (χ1) is 12.6. The molecule has 9 heteroatoms. The van der Waals surface area contributed by atoms with E-state index in [1.807, 2.05) is 12.1 Å². The van der Waals surface area contributed by atoms with E-state index in [1.165, 1.54) is 24.5 Å². The number of hydrazine groups is 1. The number of aromatic nitrogens is 3. The summed E-state index contributed by atoms with van der Waals surface area (Å²) in [5.74, 6) is -0.386. The van der Waals surface area contributed by atoms with Crippen molar-refractivity contribution in [2.45, 2.75) is 0 Å². The number of amides is 2. The summed E-state index contributed by atoms with van der Waals surface area (Å²) in [7, 11) is 1.58. The van der Waals surface area contributed by atoms with Crippen molar-refractivity contribution in [3.8, 4) is 17.0 Å². The van der Waals surface area contributed by atoms with Crippen molar-refractivity contribution in [2.24, 2.45) is 0 Å². The van der Waals surface area contributed by atoms with Gasteiger partial charge in [0.25, 0.3) is 11.8 Å². The van der Waals surface area contributed by atoms with Crippen LogP contribution in [0.4, 0.5) is 0 Å². The fraction of sp³-hybridized carbons (Fsp3) is 0.0588. The molecule has 2 aromatic heterocycles. The van der Waals surface area contributed by atoms with Gasteiger partial charge in [0.1, 0.15) is 11.4 Å². The van der Waals surface area contributed by atoms with E-state index >= 15 is 0 Å². The lowest BCUT2D eigenvalue weighted by atomic mass is 10.1. The van der Waals surface area contributed by atoms with E-state index < -0.39 is 11.8 Å². The molecule has 2 heterocycles. The second-order valence-corrected chi connectivity index (χ2v) is 5.25. The fourth-order valence-electron chi connectivity index (χ4n) is 2.16. The molecule has 0 fully saturated rings. The first-order valence-corrected chi connectivity index (χ1v) is 7.56. The van der Waals surface area contributed by atoms with E-state index in [0.717, 1.165) is 5.56 Å². The molecule has 0 aliphatic heterocycles. The molecule has 0 saturated heterocycles. The van der Waals surface area contributed by atoms with Gasteiger partial charge in [-0.1, -0.05) is 0 Å². The largest absolute Gasteiger partial charge is 0.619 e. The van der Waals surface area contributed by atoms with E-state index in [4.69, 9.17) is 4.74 Å². The maximum atomic E-state index is 12.1. The minimum Gasteiger partial charge on any atom is -0.619 e. The minimum absolute atomic E-state index is 0.182. The molecule has 132 valence electrons. The van der Waals surface area contributed by atoms with Gasteiger partial charge in [0, 0.05) is 17.7 Å². The summed E-state index contributed by atoms with van der Waals surface area (Å²) >= 11 is 0. The molecule has 0 spiro atoms. The van der Waals surface area contributed by atoms with Gasteiger partial charge in [-0.15, -0.1) is 0 Å². The second-order valence-electron chi connectivity index (χ2n) is 5.25. The van der Waals surface area contributed by atoms with Crippen LogP contribution in [0.25, 0.3) is 11.3 Å². The van der Waals surface area contributed by atoms with Gasteiger partial charge in [-0.3, -0.25) is 25.5 Å². The first-order valence-electron chi connectivity index (χ1n) is 7.56. The molecule has 0 unspecified atom stereocenters. The third-order valence-corrected chi connectivity index (χ3v) is 3.56. The summed E-state index contributed by atoms with van der Waals surface area (Å²) in [4.78, 5) is 24.0. The smallest absolute Gasteiger partial charge is 0.287 e. The highest BCUT2D eigenvalue weighted by atomic mass is 16.5. The molecule has 0 atom stereocenters. The number of methoxy groups -OCH3 is 1. The van der Waals surface area contributed by atoms with Crippen LogP contribution < -0.4 is 20.3 Å². The molecule has 3 rings (SSSR count). The number of carbonyl (C=O) groups is 2. The van der Waals surface area contributed by atoms with E-state index in [1.54, 1.807) is 25.3 Å². The summed E-state index contributed by atoms with van der Waals surface area (Å²) in [5.41, 5.74) is 6.35. The Kier molecular flexibility index (Phi) is 4.79. The van der Waals surface area contributed by atoms with E-state index in [2.05, 4.69) is 21.0 Å². The van der Waals surface area contributed by atoms with Crippen molar-refractivity contribution in [2.75, 3.05) is 7.11 Å². The van der Waals surface area contributed by atoms with Crippen molar-refractivity contribution in [3.63, 3.8) is 0 Å². The molecule has 26 heavy (non-hydrogen) atoms. The number of hydrogen-bond acceptors (Lipinski definition) is 5. The van der Waals surface area contributed by atoms with Crippen molar-refractivity contribution >= 4 is 11.8 Å². The van der Waals surface area contributed by atoms with Gasteiger partial charge in [0.05, 0.1) is 18.4 Å². The van der Waals surface area contributed by atoms with Gasteiger partial charge in [-0.25, -0.2) is 0 Å². The third-order valence-electron chi connectivity index (χ3n) is 3.56. The maximum Gasteiger partial charge on any atom is 0.287 e. The molecule has 1 aromatic carbocycles. The van der Waals surface area contributed by atoms with Crippen molar-refractivity contribution in [1.82, 2.24) is 21.0 Å². The monoisotopic (exact) mass is 353 g/mol. The molecule has 0 aliphatic rings. The second kappa shape index (κ2) is 7.34. The number of hydrogen-bond donors (Lipinski definition) is 3. The Bertz CT molecular complexity index is 919. The zero-order valence-corrected chi connectivity index (χ0v) is 13.7. The van der Waals surface area contributed by atoms with Crippen LogP contribution in [0.3, 0.4) is 0 Å². The number of rotatable bonds is 4. The van der Waals surface area contributed by atoms with Gasteiger partial charge in [-0.05, 0) is 30.3 Å². The molecule has 0 aliphatic carbocycles. The molecule has 3 N–H and O–H groups in total. The Morgan fingerprint density at radius 1 is 1.08 bits per heavy atom. The van der Waals surface area contributed by atoms with E-state index in [-0.39, 0.29) is 11.3 Å². The van der Waals surface area contributed by atoms with Crippen LogP contribution in [0.15, 0.2) is 54.9 Å². The molecule has 9 nitrogen and oxygen atoms in total. The molecule has 2 amide bonds. The lowest BCUT2D eigenvalue weighted by molar-refractivity contribution is -0.605. The first kappa shape index (κ1) is 17.0. The predicted octanol–water partition coefficient (Wildman–Crippen LogP) is 0.793. The lowest BCUT2D eigenvalue weighted by Gasteiger charge is -2.05. The quantitative estimate of drug-likeness (QED) is 0.364. The fourth-order valence-corrected chi connectivity index (χ4v) is 2.16. The molecular weight excluding hydrogens is 338 g/mol. The van der Waals surface area contributed by atoms with Gasteiger partial charge in [0.15, 0.2) is 12.4 Å². The number of nitrogens with one attached hydrogen (secondary N) is 3. The standard InChI is InChI=1S/C17H15N5O4/c1-26-13-4-2-11(3-5-13)14-10-15(19-18-14)17(24)21-20-16(23)12-6-8-22(25)9-7-12/h2-10H,1H3,(H,18,19)(H,20,23)(H,21,24). The summed E-state index contributed by atoms with van der Waals surface area (Å²) in [5, 5.41) is 17.6. The van der Waals surface area contributed by atoms with Crippen LogP contribution in [-0.4, -0.2) is 29.1 Å². The van der Waals surface area contributed by atoms with Gasteiger partial charge in [-0.2, -0.15) is 9.83 Å². The highest BCUT2D eigenvalue weighted by Gasteiger charge is 2.13. The third kappa shape index (κ3) is 3.78. The lowest BCUT2D eigenvalue weighted by Crippen LogP contribution is -2.42.